The minimum atomic E-state index is 0.280. The Morgan fingerprint density at radius 3 is 2.04 bits per heavy atom. The molecule has 0 bridgehead atoms. The van der Waals surface area contributed by atoms with Gasteiger partial charge in [0.2, 0.25) is 0 Å². The van der Waals surface area contributed by atoms with E-state index in [9.17, 15) is 0 Å². The maximum atomic E-state index is 7.14. The first kappa shape index (κ1) is 15.4. The van der Waals surface area contributed by atoms with Crippen LogP contribution >= 0.6 is 0 Å². The van der Waals surface area contributed by atoms with Crippen molar-refractivity contribution in [3.05, 3.63) is 78.5 Å². The zero-order valence-electron chi connectivity index (χ0n) is 12.6. The van der Waals surface area contributed by atoms with E-state index in [0.29, 0.717) is 22.6 Å². The van der Waals surface area contributed by atoms with E-state index < -0.39 is 0 Å². The number of terminal acetylenes is 1. The summed E-state index contributed by atoms with van der Waals surface area (Å²) in [5, 5.41) is 0. The first-order valence-corrected chi connectivity index (χ1v) is 7.04. The molecule has 112 valence electrons. The zero-order chi connectivity index (χ0) is 16.8. The second kappa shape index (κ2) is 7.15. The molecular formula is C20H11N2O2+. The van der Waals surface area contributed by atoms with Gasteiger partial charge in [0.05, 0.1) is 0 Å². The Bertz CT molecular complexity index is 877. The van der Waals surface area contributed by atoms with E-state index >= 15 is 0 Å². The van der Waals surface area contributed by atoms with E-state index in [2.05, 4.69) is 21.8 Å². The van der Waals surface area contributed by atoms with Crippen molar-refractivity contribution in [1.82, 2.24) is 9.97 Å². The fourth-order valence-electron chi connectivity index (χ4n) is 1.96. The van der Waals surface area contributed by atoms with E-state index in [0.717, 1.165) is 0 Å². The van der Waals surface area contributed by atoms with Crippen LogP contribution in [0.25, 0.3) is 0 Å². The third kappa shape index (κ3) is 3.80. The van der Waals surface area contributed by atoms with Gasteiger partial charge in [-0.15, -0.1) is 6.42 Å². The summed E-state index contributed by atoms with van der Waals surface area (Å²) in [4.78, 5) is 8.31. The molecule has 2 aromatic carbocycles. The van der Waals surface area contributed by atoms with Crippen LogP contribution in [0, 0.1) is 24.7 Å². The van der Waals surface area contributed by atoms with Gasteiger partial charge < -0.3 is 0 Å². The third-order valence-corrected chi connectivity index (χ3v) is 3.01. The summed E-state index contributed by atoms with van der Waals surface area (Å²) in [6.07, 6.45) is 15.5. The van der Waals surface area contributed by atoms with Crippen molar-refractivity contribution in [3.63, 3.8) is 0 Å². The number of aromatic nitrogens is 2. The van der Waals surface area contributed by atoms with E-state index in [1.165, 1.54) is 12.4 Å². The molecule has 0 fully saturated rings. The second-order valence-electron chi connectivity index (χ2n) is 4.72. The van der Waals surface area contributed by atoms with Crippen LogP contribution in [-0.4, -0.2) is 9.97 Å². The summed E-state index contributed by atoms with van der Waals surface area (Å²) in [6, 6.07) is 14.1. The monoisotopic (exact) mass is 311 g/mol. The standard InChI is InChI=1S/C20H11N2O2/c1-3-15-7-5-9-17(11-15)23-19-13-21-14-20(22-19)24-18-10-6-8-16(4-2)12-18/h1,5-14H/q+1. The molecule has 0 saturated heterocycles. The Morgan fingerprint density at radius 1 is 0.875 bits per heavy atom. The van der Waals surface area contributed by atoms with Crippen LogP contribution in [0.4, 0.5) is 0 Å². The van der Waals surface area contributed by atoms with Gasteiger partial charge in [-0.2, -0.15) is 0 Å². The Labute approximate surface area is 140 Å². The predicted molar refractivity (Wildman–Crippen MR) is 89.2 cm³/mol. The summed E-state index contributed by atoms with van der Waals surface area (Å²) < 4.78 is 11.3. The summed E-state index contributed by atoms with van der Waals surface area (Å²) >= 11 is 0. The number of ether oxygens (including phenoxy) is 2. The fourth-order valence-corrected chi connectivity index (χ4v) is 1.96. The number of rotatable bonds is 4. The van der Waals surface area contributed by atoms with Gasteiger partial charge in [0, 0.05) is 0 Å². The number of benzene rings is 2. The van der Waals surface area contributed by atoms with Crippen molar-refractivity contribution in [2.45, 2.75) is 0 Å². The van der Waals surface area contributed by atoms with Crippen LogP contribution < -0.4 is 9.47 Å². The summed E-state index contributed by atoms with van der Waals surface area (Å²) in [5.41, 5.74) is 1.33. The topological polar surface area (TPSA) is 44.2 Å². The van der Waals surface area contributed by atoms with Crippen molar-refractivity contribution in [2.24, 2.45) is 0 Å². The molecule has 3 rings (SSSR count). The van der Waals surface area contributed by atoms with Gasteiger partial charge in [-0.1, -0.05) is 5.92 Å². The Morgan fingerprint density at radius 2 is 1.46 bits per heavy atom. The maximum absolute atomic E-state index is 7.14. The van der Waals surface area contributed by atoms with Crippen LogP contribution in [0.2, 0.25) is 0 Å². The van der Waals surface area contributed by atoms with Gasteiger partial charge in [0.15, 0.2) is 0 Å². The van der Waals surface area contributed by atoms with Gasteiger partial charge in [0.25, 0.3) is 0 Å². The predicted octanol–water partition coefficient (Wildman–Crippen LogP) is 3.98. The number of hydrogen-bond acceptors (Lipinski definition) is 4. The van der Waals surface area contributed by atoms with Gasteiger partial charge in [-0.3, -0.25) is 0 Å². The fraction of sp³-hybridized carbons (Fsp3) is 0. The van der Waals surface area contributed by atoms with Crippen molar-refractivity contribution in [3.8, 4) is 41.5 Å². The summed E-state index contributed by atoms with van der Waals surface area (Å²) in [6.45, 7) is 0. The average Bonchev–Trinajstić information content (AvgIpc) is 2.62. The second-order valence-corrected chi connectivity index (χ2v) is 4.72. The molecule has 0 N–H and O–H groups in total. The Balaban J connectivity index is 1.79. The molecule has 0 aliphatic rings. The van der Waals surface area contributed by atoms with Gasteiger partial charge in [-0.05, 0) is 6.07 Å². The first-order valence-electron chi connectivity index (χ1n) is 7.04. The first-order chi connectivity index (χ1) is 11.8. The molecule has 0 spiro atoms. The van der Waals surface area contributed by atoms with E-state index in [-0.39, 0.29) is 11.8 Å². The Kier molecular flexibility index (Phi) is 4.57. The van der Waals surface area contributed by atoms with Gasteiger partial charge in [-0.25, -0.2) is 0 Å². The molecule has 1 aromatic heterocycles. The SMILES string of the molecule is [C+]#Cc1cccc(Oc2cncc(Oc3cccc(C#C)c3)n2)c1. The molecule has 0 saturated carbocycles. The Hall–Kier alpha value is -3.54. The molecule has 4 heteroatoms. The summed E-state index contributed by atoms with van der Waals surface area (Å²) in [5.74, 6) is 6.52. The van der Waals surface area contributed by atoms with Gasteiger partial charge in [0.1, 0.15) is 0 Å². The van der Waals surface area contributed by atoms with Crippen LogP contribution in [0.15, 0.2) is 60.9 Å². The molecule has 0 amide bonds. The zero-order valence-corrected chi connectivity index (χ0v) is 12.6. The average molecular weight is 311 g/mol. The quantitative estimate of drug-likeness (QED) is 0.540. The van der Waals surface area contributed by atoms with Crippen LogP contribution in [0.3, 0.4) is 0 Å². The molecule has 24 heavy (non-hydrogen) atoms. The molecule has 0 radical (unpaired) electrons. The molecular weight excluding hydrogens is 300 g/mol. The molecule has 3 aromatic rings. The van der Waals surface area contributed by atoms with Crippen molar-refractivity contribution >= 4 is 0 Å². The van der Waals surface area contributed by atoms with E-state index in [1.807, 2.05) is 6.07 Å². The number of nitrogens with zero attached hydrogens (tertiary/aromatic N) is 2. The molecule has 0 atom stereocenters. The molecule has 0 unspecified atom stereocenters. The van der Waals surface area contributed by atoms with Crippen molar-refractivity contribution in [2.75, 3.05) is 0 Å². The summed E-state index contributed by atoms with van der Waals surface area (Å²) in [7, 11) is 0. The molecule has 0 aliphatic heterocycles. The van der Waals surface area contributed by atoms with Gasteiger partial charge >= 0.3 is 121 Å². The normalized spacial score (nSPS) is 9.71. The molecule has 0 aliphatic carbocycles. The number of hydrogen-bond donors (Lipinski definition) is 0. The van der Waals surface area contributed by atoms with Crippen LogP contribution in [-0.2, 0) is 0 Å². The molecule has 4 nitrogen and oxygen atoms in total. The van der Waals surface area contributed by atoms with E-state index in [1.54, 1.807) is 42.5 Å². The van der Waals surface area contributed by atoms with Crippen molar-refractivity contribution in [1.29, 1.82) is 0 Å². The van der Waals surface area contributed by atoms with Crippen LogP contribution in [0.5, 0.6) is 23.3 Å². The van der Waals surface area contributed by atoms with Crippen molar-refractivity contribution < 1.29 is 9.47 Å². The minimum absolute atomic E-state index is 0.280. The third-order valence-electron chi connectivity index (χ3n) is 3.01. The van der Waals surface area contributed by atoms with Crippen LogP contribution in [0.1, 0.15) is 11.1 Å². The molecule has 1 heterocycles. The van der Waals surface area contributed by atoms with E-state index in [4.69, 9.17) is 22.3 Å².